The first-order chi connectivity index (χ1) is 9.04. The third-order valence-corrected chi connectivity index (χ3v) is 3.02. The Morgan fingerprint density at radius 3 is 2.89 bits per heavy atom. The molecule has 0 aliphatic carbocycles. The van der Waals surface area contributed by atoms with Crippen LogP contribution in [0.15, 0.2) is 12.1 Å². The zero-order valence-electron chi connectivity index (χ0n) is 10.1. The van der Waals surface area contributed by atoms with E-state index in [2.05, 4.69) is 0 Å². The Morgan fingerprint density at radius 1 is 1.47 bits per heavy atom. The summed E-state index contributed by atoms with van der Waals surface area (Å²) in [6.45, 7) is 0.436. The minimum Gasteiger partial charge on any atom is -0.396 e. The molecule has 1 unspecified atom stereocenters. The van der Waals surface area contributed by atoms with Crippen LogP contribution in [0.2, 0.25) is 0 Å². The third-order valence-electron chi connectivity index (χ3n) is 3.02. The van der Waals surface area contributed by atoms with Crippen LogP contribution in [0.1, 0.15) is 10.4 Å². The van der Waals surface area contributed by atoms with Gasteiger partial charge in [0.1, 0.15) is 11.6 Å². The van der Waals surface area contributed by atoms with Crippen molar-refractivity contribution in [3.8, 4) is 0 Å². The average molecular weight is 272 g/mol. The Labute approximate surface area is 108 Å². The van der Waals surface area contributed by atoms with E-state index in [-0.39, 0.29) is 31.0 Å². The number of aliphatic hydroxyl groups is 1. The van der Waals surface area contributed by atoms with Gasteiger partial charge in [-0.1, -0.05) is 0 Å². The molecular formula is C12H14F2N2O3. The minimum atomic E-state index is -0.972. The van der Waals surface area contributed by atoms with E-state index in [1.165, 1.54) is 4.90 Å². The number of ether oxygens (including phenoxy) is 1. The second kappa shape index (κ2) is 5.50. The van der Waals surface area contributed by atoms with E-state index in [9.17, 15) is 18.7 Å². The van der Waals surface area contributed by atoms with Crippen LogP contribution in [0.25, 0.3) is 0 Å². The number of aliphatic hydroxyl groups excluding tert-OH is 1. The Balaban J connectivity index is 2.30. The van der Waals surface area contributed by atoms with Gasteiger partial charge < -0.3 is 20.5 Å². The van der Waals surface area contributed by atoms with Gasteiger partial charge in [-0.05, 0) is 6.07 Å². The van der Waals surface area contributed by atoms with Crippen LogP contribution in [-0.4, -0.2) is 48.3 Å². The fourth-order valence-corrected chi connectivity index (χ4v) is 1.96. The van der Waals surface area contributed by atoms with E-state index in [0.29, 0.717) is 12.7 Å². The fourth-order valence-electron chi connectivity index (χ4n) is 1.96. The van der Waals surface area contributed by atoms with E-state index in [1.807, 2.05) is 0 Å². The molecule has 2 rings (SSSR count). The Hall–Kier alpha value is -1.73. The molecule has 1 aliphatic heterocycles. The quantitative estimate of drug-likeness (QED) is 0.763. The molecule has 1 aromatic carbocycles. The Morgan fingerprint density at radius 2 is 2.21 bits per heavy atom. The highest BCUT2D eigenvalue weighted by Gasteiger charge is 2.29. The first-order valence-corrected chi connectivity index (χ1v) is 5.78. The van der Waals surface area contributed by atoms with Gasteiger partial charge in [-0.2, -0.15) is 0 Å². The summed E-state index contributed by atoms with van der Waals surface area (Å²) in [7, 11) is 0. The van der Waals surface area contributed by atoms with E-state index >= 15 is 0 Å². The van der Waals surface area contributed by atoms with Gasteiger partial charge in [0.2, 0.25) is 0 Å². The number of nitrogens with zero attached hydrogens (tertiary/aromatic N) is 1. The summed E-state index contributed by atoms with van der Waals surface area (Å²) >= 11 is 0. The van der Waals surface area contributed by atoms with Gasteiger partial charge in [0, 0.05) is 12.6 Å². The molecule has 5 nitrogen and oxygen atoms in total. The average Bonchev–Trinajstić information content (AvgIpc) is 2.42. The van der Waals surface area contributed by atoms with Gasteiger partial charge in [-0.3, -0.25) is 4.79 Å². The number of nitrogens with two attached hydrogens (primary N) is 1. The number of hydrogen-bond acceptors (Lipinski definition) is 4. The molecule has 0 aromatic heterocycles. The molecule has 7 heteroatoms. The number of benzene rings is 1. The molecule has 1 aromatic rings. The van der Waals surface area contributed by atoms with Gasteiger partial charge in [0.15, 0.2) is 0 Å². The summed E-state index contributed by atoms with van der Waals surface area (Å²) in [6, 6.07) is 1.01. The van der Waals surface area contributed by atoms with Crippen molar-refractivity contribution in [1.82, 2.24) is 4.90 Å². The number of morpholine rings is 1. The highest BCUT2D eigenvalue weighted by atomic mass is 19.1. The van der Waals surface area contributed by atoms with Crippen molar-refractivity contribution in [2.75, 3.05) is 32.1 Å². The monoisotopic (exact) mass is 272 g/mol. The Bertz CT molecular complexity index is 496. The lowest BCUT2D eigenvalue weighted by atomic mass is 10.1. The number of anilines is 1. The highest BCUT2D eigenvalue weighted by molar-refractivity contribution is 5.95. The summed E-state index contributed by atoms with van der Waals surface area (Å²) in [5.74, 6) is -2.51. The van der Waals surface area contributed by atoms with Gasteiger partial charge in [0.25, 0.3) is 5.91 Å². The number of carbonyl (C=O) groups excluding carboxylic acids is 1. The molecule has 19 heavy (non-hydrogen) atoms. The summed E-state index contributed by atoms with van der Waals surface area (Å²) in [5, 5.41) is 9.17. The predicted octanol–water partition coefficient (Wildman–Crippen LogP) is 0.380. The molecule has 1 fully saturated rings. The van der Waals surface area contributed by atoms with Crippen LogP contribution in [0.5, 0.6) is 0 Å². The first-order valence-electron chi connectivity index (χ1n) is 5.78. The van der Waals surface area contributed by atoms with Crippen molar-refractivity contribution in [1.29, 1.82) is 0 Å². The maximum absolute atomic E-state index is 13.6. The van der Waals surface area contributed by atoms with Crippen LogP contribution in [0.3, 0.4) is 0 Å². The standard InChI is InChI=1S/C12H14F2N2O3/c13-9-4-10(14)11(15)3-8(9)12(18)16-1-2-19-6-7(16)5-17/h3-4,7,17H,1-2,5-6,15H2. The fraction of sp³-hybridized carbons (Fsp3) is 0.417. The smallest absolute Gasteiger partial charge is 0.257 e. The highest BCUT2D eigenvalue weighted by Crippen LogP contribution is 2.20. The molecule has 0 radical (unpaired) electrons. The number of halogens is 2. The maximum Gasteiger partial charge on any atom is 0.257 e. The first kappa shape index (κ1) is 13.7. The van der Waals surface area contributed by atoms with E-state index < -0.39 is 23.6 Å². The lowest BCUT2D eigenvalue weighted by Crippen LogP contribution is -2.50. The van der Waals surface area contributed by atoms with Crippen LogP contribution in [-0.2, 0) is 4.74 Å². The number of amides is 1. The van der Waals surface area contributed by atoms with Gasteiger partial charge in [-0.15, -0.1) is 0 Å². The number of nitrogen functional groups attached to an aromatic ring is 1. The molecule has 1 amide bonds. The van der Waals surface area contributed by atoms with Crippen molar-refractivity contribution in [3.05, 3.63) is 29.3 Å². The molecule has 1 heterocycles. The van der Waals surface area contributed by atoms with E-state index in [4.69, 9.17) is 10.5 Å². The molecule has 1 aliphatic rings. The molecule has 1 atom stereocenters. The van der Waals surface area contributed by atoms with E-state index in [1.54, 1.807) is 0 Å². The second-order valence-corrected chi connectivity index (χ2v) is 4.26. The molecule has 104 valence electrons. The summed E-state index contributed by atoms with van der Waals surface area (Å²) in [5.41, 5.74) is 4.74. The summed E-state index contributed by atoms with van der Waals surface area (Å²) < 4.78 is 31.8. The topological polar surface area (TPSA) is 75.8 Å². The van der Waals surface area contributed by atoms with Crippen molar-refractivity contribution < 1.29 is 23.4 Å². The minimum absolute atomic E-state index is 0.181. The third kappa shape index (κ3) is 2.66. The van der Waals surface area contributed by atoms with Crippen molar-refractivity contribution >= 4 is 11.6 Å². The van der Waals surface area contributed by atoms with Gasteiger partial charge in [0.05, 0.1) is 37.1 Å². The molecule has 1 saturated heterocycles. The molecular weight excluding hydrogens is 258 g/mol. The zero-order chi connectivity index (χ0) is 14.0. The number of carbonyl (C=O) groups is 1. The molecule has 3 N–H and O–H groups in total. The van der Waals surface area contributed by atoms with Crippen LogP contribution in [0, 0.1) is 11.6 Å². The van der Waals surface area contributed by atoms with Crippen LogP contribution < -0.4 is 5.73 Å². The molecule has 0 saturated carbocycles. The van der Waals surface area contributed by atoms with Crippen molar-refractivity contribution in [3.63, 3.8) is 0 Å². The normalized spacial score (nSPS) is 19.5. The Kier molecular flexibility index (Phi) is 3.96. The molecule has 0 bridgehead atoms. The number of hydrogen-bond donors (Lipinski definition) is 2. The largest absolute Gasteiger partial charge is 0.396 e. The second-order valence-electron chi connectivity index (χ2n) is 4.26. The summed E-state index contributed by atoms with van der Waals surface area (Å²) in [6.07, 6.45) is 0. The lowest BCUT2D eigenvalue weighted by molar-refractivity contribution is -0.0185. The van der Waals surface area contributed by atoms with Crippen molar-refractivity contribution in [2.45, 2.75) is 6.04 Å². The summed E-state index contributed by atoms with van der Waals surface area (Å²) in [4.78, 5) is 13.5. The number of rotatable bonds is 2. The van der Waals surface area contributed by atoms with Crippen molar-refractivity contribution in [2.24, 2.45) is 0 Å². The van der Waals surface area contributed by atoms with Gasteiger partial charge in [-0.25, -0.2) is 8.78 Å². The van der Waals surface area contributed by atoms with E-state index in [0.717, 1.165) is 6.07 Å². The lowest BCUT2D eigenvalue weighted by Gasteiger charge is -2.34. The maximum atomic E-state index is 13.6. The molecule has 0 spiro atoms. The van der Waals surface area contributed by atoms with Crippen LogP contribution >= 0.6 is 0 Å². The zero-order valence-corrected chi connectivity index (χ0v) is 10.1. The SMILES string of the molecule is Nc1cc(C(=O)N2CCOCC2CO)c(F)cc1F. The predicted molar refractivity (Wildman–Crippen MR) is 63.5 cm³/mol. The van der Waals surface area contributed by atoms with Crippen LogP contribution in [0.4, 0.5) is 14.5 Å². The van der Waals surface area contributed by atoms with Gasteiger partial charge >= 0.3 is 0 Å².